The fraction of sp³-hybridized carbons (Fsp3) is 0.500. The number of hydrogen-bond donors (Lipinski definition) is 1. The molecule has 1 fully saturated rings. The molecule has 1 heterocycles. The smallest absolute Gasteiger partial charge is 0.118 e. The summed E-state index contributed by atoms with van der Waals surface area (Å²) in [6.07, 6.45) is 0.936. The number of benzene rings is 1. The fourth-order valence-corrected chi connectivity index (χ4v) is 2.14. The van der Waals surface area contributed by atoms with E-state index in [0.29, 0.717) is 19.5 Å². The van der Waals surface area contributed by atoms with E-state index in [2.05, 4.69) is 4.90 Å². The molecule has 1 unspecified atom stereocenters. The summed E-state index contributed by atoms with van der Waals surface area (Å²) in [7, 11) is 0. The van der Waals surface area contributed by atoms with Gasteiger partial charge in [0.05, 0.1) is 0 Å². The predicted molar refractivity (Wildman–Crippen MR) is 60.7 cm³/mol. The van der Waals surface area contributed by atoms with Crippen molar-refractivity contribution < 1.29 is 4.39 Å². The molecule has 0 aromatic heterocycles. The number of alkyl halides is 1. The van der Waals surface area contributed by atoms with Crippen molar-refractivity contribution in [3.63, 3.8) is 0 Å². The lowest BCUT2D eigenvalue weighted by atomic mass is 10.1. The number of halogens is 1. The number of para-hydroxylation sites is 1. The second kappa shape index (κ2) is 4.62. The molecule has 1 saturated heterocycles. The molecule has 1 atom stereocenters. The van der Waals surface area contributed by atoms with Crippen molar-refractivity contribution in [2.75, 3.05) is 18.0 Å². The molecule has 2 N–H and O–H groups in total. The first-order valence-corrected chi connectivity index (χ1v) is 5.48. The van der Waals surface area contributed by atoms with Crippen molar-refractivity contribution in [3.8, 4) is 0 Å². The topological polar surface area (TPSA) is 29.3 Å². The molecule has 1 aliphatic heterocycles. The van der Waals surface area contributed by atoms with Crippen LogP contribution in [0.2, 0.25) is 0 Å². The van der Waals surface area contributed by atoms with Gasteiger partial charge >= 0.3 is 0 Å². The molecule has 1 aromatic carbocycles. The molecule has 0 amide bonds. The Morgan fingerprint density at radius 3 is 2.93 bits per heavy atom. The Hall–Kier alpha value is -1.09. The highest BCUT2D eigenvalue weighted by atomic mass is 19.1. The zero-order valence-corrected chi connectivity index (χ0v) is 8.82. The van der Waals surface area contributed by atoms with Crippen LogP contribution in [0.5, 0.6) is 0 Å². The summed E-state index contributed by atoms with van der Waals surface area (Å²) in [6.45, 7) is 1.97. The second-order valence-corrected chi connectivity index (χ2v) is 4.02. The van der Waals surface area contributed by atoms with Crippen molar-refractivity contribution in [3.05, 3.63) is 29.8 Å². The summed E-state index contributed by atoms with van der Waals surface area (Å²) in [5.41, 5.74) is 7.87. The number of hydrogen-bond acceptors (Lipinski definition) is 2. The molecule has 2 nitrogen and oxygen atoms in total. The Bertz CT molecular complexity index is 327. The first kappa shape index (κ1) is 10.4. The predicted octanol–water partition coefficient (Wildman–Crippen LogP) is 2.08. The van der Waals surface area contributed by atoms with Gasteiger partial charge in [0, 0.05) is 25.3 Å². The molecule has 0 aliphatic carbocycles. The maximum Gasteiger partial charge on any atom is 0.118 e. The molecule has 1 aromatic rings. The van der Waals surface area contributed by atoms with Gasteiger partial charge in [-0.3, -0.25) is 0 Å². The van der Waals surface area contributed by atoms with Crippen molar-refractivity contribution in [2.45, 2.75) is 25.6 Å². The van der Waals surface area contributed by atoms with Gasteiger partial charge in [-0.2, -0.15) is 0 Å². The lowest BCUT2D eigenvalue weighted by Gasteiger charge is -2.32. The highest BCUT2D eigenvalue weighted by Crippen LogP contribution is 2.24. The Morgan fingerprint density at radius 2 is 2.20 bits per heavy atom. The van der Waals surface area contributed by atoms with Crippen LogP contribution in [0.25, 0.3) is 0 Å². The van der Waals surface area contributed by atoms with Crippen LogP contribution >= 0.6 is 0 Å². The number of nitrogens with zero attached hydrogens (tertiary/aromatic N) is 1. The van der Waals surface area contributed by atoms with Gasteiger partial charge in [-0.1, -0.05) is 18.2 Å². The lowest BCUT2D eigenvalue weighted by Crippen LogP contribution is -2.37. The summed E-state index contributed by atoms with van der Waals surface area (Å²) in [5, 5.41) is 0. The average Bonchev–Trinajstić information content (AvgIpc) is 2.29. The highest BCUT2D eigenvalue weighted by molar-refractivity contribution is 5.54. The van der Waals surface area contributed by atoms with E-state index >= 15 is 0 Å². The SMILES string of the molecule is NCc1ccccc1N1CCCC(F)C1. The summed E-state index contributed by atoms with van der Waals surface area (Å²) in [5.74, 6) is 0. The Balaban J connectivity index is 2.20. The van der Waals surface area contributed by atoms with E-state index in [0.717, 1.165) is 24.2 Å². The molecule has 2 rings (SSSR count). The van der Waals surface area contributed by atoms with Gasteiger partial charge < -0.3 is 10.6 Å². The van der Waals surface area contributed by atoms with Gasteiger partial charge in [0.15, 0.2) is 0 Å². The normalized spacial score (nSPS) is 21.7. The van der Waals surface area contributed by atoms with Crippen LogP contribution in [0.15, 0.2) is 24.3 Å². The van der Waals surface area contributed by atoms with E-state index in [4.69, 9.17) is 5.73 Å². The molecule has 0 saturated carbocycles. The van der Waals surface area contributed by atoms with Gasteiger partial charge in [-0.25, -0.2) is 4.39 Å². The van der Waals surface area contributed by atoms with E-state index in [-0.39, 0.29) is 0 Å². The van der Waals surface area contributed by atoms with Gasteiger partial charge in [0.2, 0.25) is 0 Å². The van der Waals surface area contributed by atoms with E-state index in [9.17, 15) is 4.39 Å². The first-order chi connectivity index (χ1) is 7.31. The van der Waals surface area contributed by atoms with Gasteiger partial charge in [-0.05, 0) is 24.5 Å². The van der Waals surface area contributed by atoms with E-state index in [1.807, 2.05) is 24.3 Å². The fourth-order valence-electron chi connectivity index (χ4n) is 2.14. The standard InChI is InChI=1S/C12H17FN2/c13-11-5-3-7-15(9-11)12-6-2-1-4-10(12)8-14/h1-2,4,6,11H,3,5,7-9,14H2. The van der Waals surface area contributed by atoms with Gasteiger partial charge in [-0.15, -0.1) is 0 Å². The molecule has 0 spiro atoms. The van der Waals surface area contributed by atoms with Crippen molar-refractivity contribution in [1.82, 2.24) is 0 Å². The second-order valence-electron chi connectivity index (χ2n) is 4.02. The number of rotatable bonds is 2. The van der Waals surface area contributed by atoms with E-state index < -0.39 is 6.17 Å². The molecule has 3 heteroatoms. The number of anilines is 1. The maximum absolute atomic E-state index is 13.3. The minimum Gasteiger partial charge on any atom is -0.368 e. The Labute approximate surface area is 89.9 Å². The monoisotopic (exact) mass is 208 g/mol. The van der Waals surface area contributed by atoms with Crippen LogP contribution in [0, 0.1) is 0 Å². The quantitative estimate of drug-likeness (QED) is 0.806. The van der Waals surface area contributed by atoms with Gasteiger partial charge in [0.1, 0.15) is 6.17 Å². The minimum atomic E-state index is -0.690. The van der Waals surface area contributed by atoms with Crippen molar-refractivity contribution in [2.24, 2.45) is 5.73 Å². The van der Waals surface area contributed by atoms with Crippen LogP contribution in [0.4, 0.5) is 10.1 Å². The van der Waals surface area contributed by atoms with Crippen LogP contribution in [0.3, 0.4) is 0 Å². The summed E-state index contributed by atoms with van der Waals surface area (Å²) >= 11 is 0. The first-order valence-electron chi connectivity index (χ1n) is 5.48. The third-order valence-electron chi connectivity index (χ3n) is 2.92. The zero-order valence-electron chi connectivity index (χ0n) is 8.82. The highest BCUT2D eigenvalue weighted by Gasteiger charge is 2.20. The molecular weight excluding hydrogens is 191 g/mol. The van der Waals surface area contributed by atoms with E-state index in [1.54, 1.807) is 0 Å². The third kappa shape index (κ3) is 2.29. The molecule has 15 heavy (non-hydrogen) atoms. The van der Waals surface area contributed by atoms with Crippen LogP contribution in [-0.4, -0.2) is 19.3 Å². The van der Waals surface area contributed by atoms with Crippen molar-refractivity contribution in [1.29, 1.82) is 0 Å². The van der Waals surface area contributed by atoms with Crippen LogP contribution in [0.1, 0.15) is 18.4 Å². The number of nitrogens with two attached hydrogens (primary N) is 1. The molecule has 1 aliphatic rings. The van der Waals surface area contributed by atoms with Crippen LogP contribution < -0.4 is 10.6 Å². The minimum absolute atomic E-state index is 0.511. The molecular formula is C12H17FN2. The van der Waals surface area contributed by atoms with Gasteiger partial charge in [0.25, 0.3) is 0 Å². The van der Waals surface area contributed by atoms with Crippen LogP contribution in [-0.2, 0) is 6.54 Å². The van der Waals surface area contributed by atoms with Crippen molar-refractivity contribution >= 4 is 5.69 Å². The molecule has 0 radical (unpaired) electrons. The zero-order chi connectivity index (χ0) is 10.7. The molecule has 82 valence electrons. The summed E-state index contributed by atoms with van der Waals surface area (Å²) < 4.78 is 13.3. The lowest BCUT2D eigenvalue weighted by molar-refractivity contribution is 0.286. The Kier molecular flexibility index (Phi) is 3.21. The largest absolute Gasteiger partial charge is 0.368 e. The summed E-state index contributed by atoms with van der Waals surface area (Å²) in [6, 6.07) is 8.00. The number of piperidine rings is 1. The maximum atomic E-state index is 13.3. The molecule has 0 bridgehead atoms. The average molecular weight is 208 g/mol. The Morgan fingerprint density at radius 1 is 1.40 bits per heavy atom. The van der Waals surface area contributed by atoms with E-state index in [1.165, 1.54) is 0 Å². The third-order valence-corrected chi connectivity index (χ3v) is 2.92. The summed E-state index contributed by atoms with van der Waals surface area (Å²) in [4.78, 5) is 2.11.